The first-order valence-corrected chi connectivity index (χ1v) is 12.3. The Labute approximate surface area is 225 Å². The number of esters is 1. The third kappa shape index (κ3) is 5.42. The monoisotopic (exact) mass is 521 g/mol. The molecule has 0 aliphatic heterocycles. The number of rotatable bonds is 9. The molecule has 0 saturated heterocycles. The molecule has 0 atom stereocenters. The van der Waals surface area contributed by atoms with Crippen molar-refractivity contribution in [3.05, 3.63) is 114 Å². The second-order valence-electron chi connectivity index (χ2n) is 8.74. The second-order valence-corrected chi connectivity index (χ2v) is 8.74. The van der Waals surface area contributed by atoms with Crippen LogP contribution < -0.4 is 15.4 Å². The summed E-state index contributed by atoms with van der Waals surface area (Å²) in [6.07, 6.45) is 4.76. The fraction of sp³-hybridized carbons (Fsp3) is 0.133. The quantitative estimate of drug-likeness (QED) is 0.259. The molecule has 0 bridgehead atoms. The van der Waals surface area contributed by atoms with Crippen LogP contribution in [-0.4, -0.2) is 40.6 Å². The van der Waals surface area contributed by atoms with Gasteiger partial charge in [-0.05, 0) is 29.8 Å². The zero-order valence-corrected chi connectivity index (χ0v) is 21.5. The Balaban J connectivity index is 1.60. The van der Waals surface area contributed by atoms with Crippen LogP contribution in [0.1, 0.15) is 32.0 Å². The van der Waals surface area contributed by atoms with Crippen LogP contribution in [0, 0.1) is 0 Å². The smallest absolute Gasteiger partial charge is 0.356 e. The lowest BCUT2D eigenvalue weighted by Gasteiger charge is -2.11. The highest BCUT2D eigenvalue weighted by atomic mass is 16.5. The molecule has 0 spiro atoms. The molecular weight excluding hydrogens is 494 g/mol. The molecule has 9 heteroatoms. The van der Waals surface area contributed by atoms with Gasteiger partial charge in [-0.3, -0.25) is 9.78 Å². The maximum atomic E-state index is 13.2. The summed E-state index contributed by atoms with van der Waals surface area (Å²) in [5.41, 5.74) is 4.04. The van der Waals surface area contributed by atoms with Gasteiger partial charge in [0.05, 0.1) is 37.4 Å². The number of amides is 1. The Morgan fingerprint density at radius 3 is 2.49 bits per heavy atom. The fourth-order valence-corrected chi connectivity index (χ4v) is 4.41. The van der Waals surface area contributed by atoms with Crippen molar-refractivity contribution in [1.82, 2.24) is 14.5 Å². The van der Waals surface area contributed by atoms with Gasteiger partial charge < -0.3 is 24.7 Å². The molecule has 2 N–H and O–H groups in total. The maximum Gasteiger partial charge on any atom is 0.356 e. The van der Waals surface area contributed by atoms with E-state index in [1.54, 1.807) is 36.2 Å². The van der Waals surface area contributed by atoms with Gasteiger partial charge in [0.2, 0.25) is 0 Å². The number of benzene rings is 2. The standard InChI is InChI=1S/C30H27N5O4/c1-38-25-13-7-6-11-21(25)17-32-23-15-24-26(34-29(36)22-12-8-14-31-16-22)27(30(37)39-2)35(28(24)33-18-23)19-20-9-4-3-5-10-20/h3-16,18,32H,17,19H2,1-2H3,(H,34,36). The first kappa shape index (κ1) is 25.5. The molecule has 0 radical (unpaired) electrons. The van der Waals surface area contributed by atoms with Gasteiger partial charge in [0.1, 0.15) is 11.4 Å². The summed E-state index contributed by atoms with van der Waals surface area (Å²) in [7, 11) is 2.95. The lowest BCUT2D eigenvalue weighted by molar-refractivity contribution is 0.0591. The van der Waals surface area contributed by atoms with Crippen LogP contribution in [0.2, 0.25) is 0 Å². The number of para-hydroxylation sites is 1. The van der Waals surface area contributed by atoms with E-state index >= 15 is 0 Å². The fourth-order valence-electron chi connectivity index (χ4n) is 4.41. The van der Waals surface area contributed by atoms with Gasteiger partial charge in [0.25, 0.3) is 5.91 Å². The van der Waals surface area contributed by atoms with E-state index < -0.39 is 11.9 Å². The Hall–Kier alpha value is -5.18. The minimum absolute atomic E-state index is 0.197. The number of aromatic nitrogens is 3. The molecule has 0 saturated carbocycles. The Morgan fingerprint density at radius 1 is 0.949 bits per heavy atom. The van der Waals surface area contributed by atoms with Crippen LogP contribution in [0.25, 0.3) is 11.0 Å². The Kier molecular flexibility index (Phi) is 7.49. The van der Waals surface area contributed by atoms with Gasteiger partial charge in [0, 0.05) is 36.4 Å². The Bertz CT molecular complexity index is 1620. The highest BCUT2D eigenvalue weighted by Gasteiger charge is 2.26. The minimum Gasteiger partial charge on any atom is -0.496 e. The van der Waals surface area contributed by atoms with Crippen molar-refractivity contribution in [3.8, 4) is 5.75 Å². The largest absolute Gasteiger partial charge is 0.496 e. The van der Waals surface area contributed by atoms with Crippen molar-refractivity contribution in [2.24, 2.45) is 0 Å². The summed E-state index contributed by atoms with van der Waals surface area (Å²) in [6.45, 7) is 0.842. The summed E-state index contributed by atoms with van der Waals surface area (Å²) < 4.78 is 12.4. The molecule has 39 heavy (non-hydrogen) atoms. The van der Waals surface area contributed by atoms with E-state index in [1.165, 1.54) is 13.3 Å². The SMILES string of the molecule is COC(=O)c1c(NC(=O)c2cccnc2)c2cc(NCc3ccccc3OC)cnc2n1Cc1ccccc1. The zero-order chi connectivity index (χ0) is 27.2. The van der Waals surface area contributed by atoms with Crippen LogP contribution in [-0.2, 0) is 17.8 Å². The first-order valence-electron chi connectivity index (χ1n) is 12.3. The van der Waals surface area contributed by atoms with Crippen LogP contribution >= 0.6 is 0 Å². The normalized spacial score (nSPS) is 10.7. The average molecular weight is 522 g/mol. The van der Waals surface area contributed by atoms with Gasteiger partial charge in [-0.1, -0.05) is 48.5 Å². The van der Waals surface area contributed by atoms with Gasteiger partial charge in [-0.2, -0.15) is 0 Å². The molecule has 2 aromatic carbocycles. The van der Waals surface area contributed by atoms with Crippen molar-refractivity contribution < 1.29 is 19.1 Å². The van der Waals surface area contributed by atoms with E-state index in [4.69, 9.17) is 14.5 Å². The Morgan fingerprint density at radius 2 is 1.74 bits per heavy atom. The highest BCUT2D eigenvalue weighted by molar-refractivity contribution is 6.14. The third-order valence-corrected chi connectivity index (χ3v) is 6.30. The van der Waals surface area contributed by atoms with Crippen LogP contribution in [0.4, 0.5) is 11.4 Å². The van der Waals surface area contributed by atoms with Gasteiger partial charge >= 0.3 is 5.97 Å². The number of carbonyl (C=O) groups is 2. The summed E-state index contributed by atoms with van der Waals surface area (Å²) in [4.78, 5) is 35.1. The van der Waals surface area contributed by atoms with Gasteiger partial charge in [-0.25, -0.2) is 9.78 Å². The summed E-state index contributed by atoms with van der Waals surface area (Å²) in [5, 5.41) is 6.88. The van der Waals surface area contributed by atoms with E-state index in [1.807, 2.05) is 60.7 Å². The molecule has 196 valence electrons. The van der Waals surface area contributed by atoms with Crippen LogP contribution in [0.15, 0.2) is 91.4 Å². The molecule has 3 aromatic heterocycles. The predicted octanol–water partition coefficient (Wildman–Crippen LogP) is 5.14. The number of ether oxygens (including phenoxy) is 2. The van der Waals surface area contributed by atoms with E-state index in [-0.39, 0.29) is 5.69 Å². The summed E-state index contributed by atoms with van der Waals surface area (Å²) in [6, 6.07) is 22.6. The molecule has 0 fully saturated rings. The van der Waals surface area contributed by atoms with Gasteiger partial charge in [0.15, 0.2) is 5.69 Å². The first-order chi connectivity index (χ1) is 19.1. The summed E-state index contributed by atoms with van der Waals surface area (Å²) in [5.74, 6) is -0.223. The average Bonchev–Trinajstić information content (AvgIpc) is 3.28. The van der Waals surface area contributed by atoms with Crippen LogP contribution in [0.5, 0.6) is 5.75 Å². The van der Waals surface area contributed by atoms with Crippen molar-refractivity contribution >= 4 is 34.3 Å². The molecule has 5 aromatic rings. The second kappa shape index (κ2) is 11.5. The molecule has 1 amide bonds. The molecule has 5 rings (SSSR count). The number of hydrogen-bond donors (Lipinski definition) is 2. The number of pyridine rings is 2. The van der Waals surface area contributed by atoms with E-state index in [9.17, 15) is 9.59 Å². The molecule has 0 aliphatic rings. The maximum absolute atomic E-state index is 13.2. The topological polar surface area (TPSA) is 107 Å². The molecule has 0 aliphatic carbocycles. The lowest BCUT2D eigenvalue weighted by Crippen LogP contribution is -2.17. The van der Waals surface area contributed by atoms with Crippen molar-refractivity contribution in [1.29, 1.82) is 0 Å². The lowest BCUT2D eigenvalue weighted by atomic mass is 10.2. The number of nitrogens with one attached hydrogen (secondary N) is 2. The molecule has 3 heterocycles. The van der Waals surface area contributed by atoms with Gasteiger partial charge in [-0.15, -0.1) is 0 Å². The zero-order valence-electron chi connectivity index (χ0n) is 21.5. The van der Waals surface area contributed by atoms with Crippen molar-refractivity contribution in [3.63, 3.8) is 0 Å². The van der Waals surface area contributed by atoms with Crippen LogP contribution in [0.3, 0.4) is 0 Å². The number of methoxy groups -OCH3 is 2. The number of carbonyl (C=O) groups excluding carboxylic acids is 2. The number of nitrogens with zero attached hydrogens (tertiary/aromatic N) is 3. The highest BCUT2D eigenvalue weighted by Crippen LogP contribution is 2.34. The molecular formula is C30H27N5O4. The molecule has 0 unspecified atom stereocenters. The number of hydrogen-bond acceptors (Lipinski definition) is 7. The number of anilines is 2. The molecule has 9 nitrogen and oxygen atoms in total. The van der Waals surface area contributed by atoms with E-state index in [0.717, 1.165) is 16.9 Å². The van der Waals surface area contributed by atoms with Crippen molar-refractivity contribution in [2.75, 3.05) is 24.9 Å². The van der Waals surface area contributed by atoms with E-state index in [2.05, 4.69) is 15.6 Å². The predicted molar refractivity (Wildman–Crippen MR) is 149 cm³/mol. The third-order valence-electron chi connectivity index (χ3n) is 6.30. The minimum atomic E-state index is -0.589. The summed E-state index contributed by atoms with van der Waals surface area (Å²) >= 11 is 0. The number of fused-ring (bicyclic) bond motifs is 1. The van der Waals surface area contributed by atoms with Crippen molar-refractivity contribution in [2.45, 2.75) is 13.1 Å². The van der Waals surface area contributed by atoms with E-state index in [0.29, 0.717) is 41.1 Å².